The Morgan fingerprint density at radius 2 is 2.05 bits per heavy atom. The molecule has 0 N–H and O–H groups in total. The zero-order valence-electron chi connectivity index (χ0n) is 10.8. The number of benzene rings is 1. The molecule has 1 aliphatic heterocycles. The minimum atomic E-state index is -0.878. The van der Waals surface area contributed by atoms with Gasteiger partial charge in [-0.05, 0) is 31.4 Å². The van der Waals surface area contributed by atoms with Gasteiger partial charge in [0.25, 0.3) is 5.69 Å². The van der Waals surface area contributed by atoms with Gasteiger partial charge in [-0.1, -0.05) is 0 Å². The van der Waals surface area contributed by atoms with Crippen molar-refractivity contribution in [2.45, 2.75) is 19.3 Å². The summed E-state index contributed by atoms with van der Waals surface area (Å²) in [7, 11) is 0. The van der Waals surface area contributed by atoms with Gasteiger partial charge in [-0.15, -0.1) is 0 Å². The van der Waals surface area contributed by atoms with E-state index in [1.54, 1.807) is 0 Å². The summed E-state index contributed by atoms with van der Waals surface area (Å²) < 4.78 is 0. The van der Waals surface area contributed by atoms with Crippen LogP contribution in [0.5, 0.6) is 0 Å². The van der Waals surface area contributed by atoms with Gasteiger partial charge >= 0.3 is 0 Å². The van der Waals surface area contributed by atoms with Gasteiger partial charge in [0.05, 0.1) is 11.0 Å². The number of Topliss-reactive ketones (excluding diaryl/α,β-unsaturated/α-hetero) is 1. The molecule has 0 aliphatic carbocycles. The van der Waals surface area contributed by atoms with Crippen molar-refractivity contribution in [2.24, 2.45) is 10.9 Å². The van der Waals surface area contributed by atoms with Crippen LogP contribution in [0, 0.1) is 27.4 Å². The molecule has 1 aromatic rings. The van der Waals surface area contributed by atoms with Crippen LogP contribution in [0.15, 0.2) is 29.3 Å². The molecule has 2 rings (SSSR count). The number of carbonyl (C=O) groups excluding carboxylic acids is 1. The molecule has 1 unspecified atom stereocenters. The van der Waals surface area contributed by atoms with Crippen molar-refractivity contribution in [1.29, 1.82) is 5.26 Å². The number of carbonyl (C=O) groups is 1. The van der Waals surface area contributed by atoms with Crippen molar-refractivity contribution in [3.8, 4) is 6.07 Å². The molecule has 0 saturated carbocycles. The third kappa shape index (κ3) is 2.88. The first-order valence-electron chi connectivity index (χ1n) is 6.35. The number of rotatable bonds is 4. The minimum absolute atomic E-state index is 0.0786. The zero-order chi connectivity index (χ0) is 14.5. The molecular formula is C14H13N3O3. The summed E-state index contributed by atoms with van der Waals surface area (Å²) in [6.45, 7) is 0.654. The van der Waals surface area contributed by atoms with Crippen LogP contribution in [-0.2, 0) is 0 Å². The lowest BCUT2D eigenvalue weighted by Crippen LogP contribution is -2.25. The summed E-state index contributed by atoms with van der Waals surface area (Å²) >= 11 is 0. The van der Waals surface area contributed by atoms with E-state index < -0.39 is 10.8 Å². The highest BCUT2D eigenvalue weighted by Gasteiger charge is 2.26. The topological polar surface area (TPSA) is 96.4 Å². The quantitative estimate of drug-likeness (QED) is 0.477. The highest BCUT2D eigenvalue weighted by atomic mass is 16.6. The Bertz CT molecular complexity index is 599. The van der Waals surface area contributed by atoms with Gasteiger partial charge in [0.1, 0.15) is 5.92 Å². The number of nitro groups is 1. The maximum atomic E-state index is 12.3. The number of hydrogen-bond acceptors (Lipinski definition) is 5. The van der Waals surface area contributed by atoms with Crippen LogP contribution >= 0.6 is 0 Å². The summed E-state index contributed by atoms with van der Waals surface area (Å²) in [5.41, 5.74) is 0.850. The zero-order valence-corrected chi connectivity index (χ0v) is 10.8. The summed E-state index contributed by atoms with van der Waals surface area (Å²) in [6.07, 6.45) is 2.58. The van der Waals surface area contributed by atoms with Crippen molar-refractivity contribution in [3.05, 3.63) is 39.9 Å². The number of hydrogen-bond donors (Lipinski definition) is 0. The molecule has 0 fully saturated rings. The first-order valence-corrected chi connectivity index (χ1v) is 6.35. The predicted octanol–water partition coefficient (Wildman–Crippen LogP) is 2.54. The molecule has 1 aliphatic rings. The first kappa shape index (κ1) is 13.9. The maximum Gasteiger partial charge on any atom is 0.269 e. The Labute approximate surface area is 115 Å². The fraction of sp³-hybridized carbons (Fsp3) is 0.357. The molecule has 0 spiro atoms. The Hall–Kier alpha value is -2.55. The van der Waals surface area contributed by atoms with Crippen molar-refractivity contribution < 1.29 is 9.72 Å². The Balaban J connectivity index is 2.22. The summed E-state index contributed by atoms with van der Waals surface area (Å²) in [4.78, 5) is 26.6. The normalized spacial score (nSPS) is 15.8. The molecule has 0 amide bonds. The molecule has 1 atom stereocenters. The van der Waals surface area contributed by atoms with E-state index in [-0.39, 0.29) is 11.5 Å². The van der Waals surface area contributed by atoms with Crippen molar-refractivity contribution >= 4 is 17.2 Å². The molecule has 6 heteroatoms. The molecule has 1 aromatic carbocycles. The second-order valence-corrected chi connectivity index (χ2v) is 4.56. The second kappa shape index (κ2) is 6.06. The van der Waals surface area contributed by atoms with Gasteiger partial charge in [0, 0.05) is 30.0 Å². The number of aliphatic imine (C=N–C) groups is 1. The van der Waals surface area contributed by atoms with Crippen LogP contribution in [0.1, 0.15) is 29.6 Å². The van der Waals surface area contributed by atoms with Gasteiger partial charge in [-0.2, -0.15) is 5.26 Å². The predicted molar refractivity (Wildman–Crippen MR) is 72.7 cm³/mol. The van der Waals surface area contributed by atoms with Crippen LogP contribution in [0.4, 0.5) is 5.69 Å². The summed E-state index contributed by atoms with van der Waals surface area (Å²) in [6, 6.07) is 7.30. The fourth-order valence-electron chi connectivity index (χ4n) is 2.15. The van der Waals surface area contributed by atoms with Gasteiger partial charge in [-0.25, -0.2) is 0 Å². The minimum Gasteiger partial charge on any atom is -0.292 e. The average molecular weight is 271 g/mol. The third-order valence-corrected chi connectivity index (χ3v) is 3.24. The van der Waals surface area contributed by atoms with Crippen molar-refractivity contribution in [3.63, 3.8) is 0 Å². The first-order chi connectivity index (χ1) is 9.63. The smallest absolute Gasteiger partial charge is 0.269 e. The average Bonchev–Trinajstić information content (AvgIpc) is 2.49. The van der Waals surface area contributed by atoms with Crippen LogP contribution < -0.4 is 0 Å². The van der Waals surface area contributed by atoms with Crippen molar-refractivity contribution in [2.75, 3.05) is 6.54 Å². The maximum absolute atomic E-state index is 12.3. The monoisotopic (exact) mass is 271 g/mol. The molecule has 0 radical (unpaired) electrons. The van der Waals surface area contributed by atoms with E-state index in [2.05, 4.69) is 4.99 Å². The number of ketones is 1. The molecule has 20 heavy (non-hydrogen) atoms. The van der Waals surface area contributed by atoms with Gasteiger partial charge in [-0.3, -0.25) is 19.9 Å². The van der Waals surface area contributed by atoms with Gasteiger partial charge < -0.3 is 0 Å². The Morgan fingerprint density at radius 3 is 2.55 bits per heavy atom. The summed E-state index contributed by atoms with van der Waals surface area (Å²) in [5.74, 6) is -1.22. The SMILES string of the molecule is N#CC(C(=O)c1ccc([N+](=O)[O-])cc1)C1=NCCCC1. The van der Waals surface area contributed by atoms with Crippen molar-refractivity contribution in [1.82, 2.24) is 0 Å². The van der Waals surface area contributed by atoms with Gasteiger partial charge in [0.15, 0.2) is 5.78 Å². The van der Waals surface area contributed by atoms with Crippen LogP contribution in [-0.4, -0.2) is 23.0 Å². The molecule has 6 nitrogen and oxygen atoms in total. The van der Waals surface area contributed by atoms with E-state index in [1.807, 2.05) is 6.07 Å². The molecule has 0 bridgehead atoms. The van der Waals surface area contributed by atoms with E-state index in [0.717, 1.165) is 12.8 Å². The van der Waals surface area contributed by atoms with Crippen LogP contribution in [0.3, 0.4) is 0 Å². The molecule has 102 valence electrons. The highest BCUT2D eigenvalue weighted by molar-refractivity contribution is 6.14. The number of non-ortho nitro benzene ring substituents is 1. The number of nitrogens with zero attached hydrogens (tertiary/aromatic N) is 3. The number of nitro benzene ring substituents is 1. The lowest BCUT2D eigenvalue weighted by atomic mass is 9.90. The number of nitriles is 1. The Kier molecular flexibility index (Phi) is 4.20. The van der Waals surface area contributed by atoms with Crippen LogP contribution in [0.2, 0.25) is 0 Å². The Morgan fingerprint density at radius 1 is 1.35 bits per heavy atom. The molecule has 1 heterocycles. The molecule has 0 aromatic heterocycles. The highest BCUT2D eigenvalue weighted by Crippen LogP contribution is 2.19. The van der Waals surface area contributed by atoms with E-state index in [1.165, 1.54) is 24.3 Å². The lowest BCUT2D eigenvalue weighted by molar-refractivity contribution is -0.384. The van der Waals surface area contributed by atoms with E-state index in [0.29, 0.717) is 24.2 Å². The standard InChI is InChI=1S/C14H13N3O3/c15-9-12(13-3-1-2-8-16-13)14(18)10-4-6-11(7-5-10)17(19)20/h4-7,12H,1-3,8H2. The summed E-state index contributed by atoms with van der Waals surface area (Å²) in [5, 5.41) is 19.8. The van der Waals surface area contributed by atoms with Gasteiger partial charge in [0.2, 0.25) is 0 Å². The second-order valence-electron chi connectivity index (χ2n) is 4.56. The molecular weight excluding hydrogens is 258 g/mol. The van der Waals surface area contributed by atoms with Crippen LogP contribution in [0.25, 0.3) is 0 Å². The molecule has 0 saturated heterocycles. The van der Waals surface area contributed by atoms with E-state index >= 15 is 0 Å². The third-order valence-electron chi connectivity index (χ3n) is 3.24. The van der Waals surface area contributed by atoms with E-state index in [4.69, 9.17) is 0 Å². The fourth-order valence-corrected chi connectivity index (χ4v) is 2.15. The van der Waals surface area contributed by atoms with E-state index in [9.17, 15) is 20.2 Å². The lowest BCUT2D eigenvalue weighted by Gasteiger charge is -2.15. The largest absolute Gasteiger partial charge is 0.292 e.